The van der Waals surface area contributed by atoms with E-state index in [1.165, 1.54) is 13.2 Å². The van der Waals surface area contributed by atoms with Crippen LogP contribution < -0.4 is 9.64 Å². The first-order valence-corrected chi connectivity index (χ1v) is 7.23. The normalized spacial score (nSPS) is 10.3. The van der Waals surface area contributed by atoms with Crippen LogP contribution in [0.15, 0.2) is 42.6 Å². The van der Waals surface area contributed by atoms with Crippen molar-refractivity contribution in [1.29, 1.82) is 0 Å². The van der Waals surface area contributed by atoms with E-state index in [0.717, 1.165) is 24.5 Å². The first kappa shape index (κ1) is 19.2. The Morgan fingerprint density at radius 1 is 1.13 bits per heavy atom. The largest absolute Gasteiger partial charge is 0.494 e. The summed E-state index contributed by atoms with van der Waals surface area (Å²) in [5.74, 6) is 0.815. The highest BCUT2D eigenvalue weighted by atomic mass is 35.5. The number of aromatic nitrogens is 1. The number of benzene rings is 1. The molecule has 23 heavy (non-hydrogen) atoms. The van der Waals surface area contributed by atoms with E-state index < -0.39 is 0 Å². The summed E-state index contributed by atoms with van der Waals surface area (Å²) in [6.45, 7) is 2.32. The zero-order valence-electron chi connectivity index (χ0n) is 13.7. The van der Waals surface area contributed by atoms with Crippen LogP contribution in [0.25, 0.3) is 0 Å². The topological polar surface area (TPSA) is 28.6 Å². The summed E-state index contributed by atoms with van der Waals surface area (Å²) in [4.78, 5) is 8.65. The van der Waals surface area contributed by atoms with E-state index in [2.05, 4.69) is 14.8 Å². The van der Waals surface area contributed by atoms with Gasteiger partial charge in [-0.3, -0.25) is 0 Å². The van der Waals surface area contributed by atoms with Crippen LogP contribution in [0.2, 0.25) is 0 Å². The molecule has 0 N–H and O–H groups in total. The quantitative estimate of drug-likeness (QED) is 0.774. The van der Waals surface area contributed by atoms with Crippen molar-refractivity contribution in [2.75, 3.05) is 39.2 Å². The van der Waals surface area contributed by atoms with Crippen LogP contribution >= 0.6 is 12.4 Å². The predicted molar refractivity (Wildman–Crippen MR) is 94.0 cm³/mol. The summed E-state index contributed by atoms with van der Waals surface area (Å²) in [5, 5.41) is 0. The minimum absolute atomic E-state index is 0. The number of likely N-dealkylation sites (N-methyl/N-ethyl adjacent to an activating group) is 1. The molecule has 0 aliphatic rings. The third kappa shape index (κ3) is 5.69. The number of hydrogen-bond donors (Lipinski definition) is 0. The van der Waals surface area contributed by atoms with E-state index in [1.54, 1.807) is 12.3 Å². The Bertz CT molecular complexity index is 596. The van der Waals surface area contributed by atoms with Gasteiger partial charge in [0.1, 0.15) is 5.82 Å². The van der Waals surface area contributed by atoms with Crippen LogP contribution in [0.1, 0.15) is 5.56 Å². The van der Waals surface area contributed by atoms with Crippen molar-refractivity contribution in [1.82, 2.24) is 9.88 Å². The highest BCUT2D eigenvalue weighted by molar-refractivity contribution is 5.85. The van der Waals surface area contributed by atoms with Crippen LogP contribution in [-0.4, -0.2) is 44.2 Å². The molecule has 1 aromatic carbocycles. The van der Waals surface area contributed by atoms with Crippen molar-refractivity contribution in [3.63, 3.8) is 0 Å². The van der Waals surface area contributed by atoms with Gasteiger partial charge in [-0.1, -0.05) is 12.1 Å². The summed E-state index contributed by atoms with van der Waals surface area (Å²) >= 11 is 0. The van der Waals surface area contributed by atoms with Gasteiger partial charge < -0.3 is 14.5 Å². The fourth-order valence-electron chi connectivity index (χ4n) is 2.16. The minimum atomic E-state index is -0.339. The van der Waals surface area contributed by atoms with Gasteiger partial charge in [0.25, 0.3) is 0 Å². The number of nitrogens with zero attached hydrogens (tertiary/aromatic N) is 3. The lowest BCUT2D eigenvalue weighted by Gasteiger charge is -2.25. The zero-order valence-corrected chi connectivity index (χ0v) is 14.5. The molecule has 0 saturated heterocycles. The van der Waals surface area contributed by atoms with Crippen LogP contribution in [0.3, 0.4) is 0 Å². The monoisotopic (exact) mass is 339 g/mol. The molecule has 4 nitrogen and oxygen atoms in total. The molecule has 0 unspecified atom stereocenters. The van der Waals surface area contributed by atoms with Crippen molar-refractivity contribution in [2.45, 2.75) is 6.54 Å². The number of hydrogen-bond acceptors (Lipinski definition) is 4. The van der Waals surface area contributed by atoms with Crippen LogP contribution in [0.4, 0.5) is 10.2 Å². The maximum atomic E-state index is 13.9. The Morgan fingerprint density at radius 3 is 2.48 bits per heavy atom. The molecule has 0 radical (unpaired) electrons. The summed E-state index contributed by atoms with van der Waals surface area (Å²) < 4.78 is 18.8. The predicted octanol–water partition coefficient (Wildman–Crippen LogP) is 3.22. The average Bonchev–Trinajstić information content (AvgIpc) is 2.52. The number of rotatable bonds is 7. The Balaban J connectivity index is 0.00000264. The molecule has 2 rings (SSSR count). The van der Waals surface area contributed by atoms with Crippen LogP contribution in [0, 0.1) is 5.82 Å². The Morgan fingerprint density at radius 2 is 1.91 bits per heavy atom. The number of halogens is 2. The Hall–Kier alpha value is -1.85. The maximum absolute atomic E-state index is 13.9. The molecular weight excluding hydrogens is 317 g/mol. The molecule has 1 aromatic heterocycles. The molecule has 0 spiro atoms. The maximum Gasteiger partial charge on any atom is 0.165 e. The fraction of sp³-hybridized carbons (Fsp3) is 0.353. The highest BCUT2D eigenvalue weighted by Crippen LogP contribution is 2.20. The van der Waals surface area contributed by atoms with E-state index in [9.17, 15) is 4.39 Å². The van der Waals surface area contributed by atoms with Gasteiger partial charge in [0, 0.05) is 25.8 Å². The van der Waals surface area contributed by atoms with Crippen molar-refractivity contribution in [3.05, 3.63) is 54.0 Å². The lowest BCUT2D eigenvalue weighted by molar-refractivity contribution is 0.386. The van der Waals surface area contributed by atoms with E-state index in [4.69, 9.17) is 4.74 Å². The van der Waals surface area contributed by atoms with Crippen molar-refractivity contribution < 1.29 is 9.13 Å². The number of anilines is 1. The molecule has 0 atom stereocenters. The van der Waals surface area contributed by atoms with Gasteiger partial charge in [-0.15, -0.1) is 12.4 Å². The van der Waals surface area contributed by atoms with Gasteiger partial charge in [0.05, 0.1) is 7.11 Å². The first-order chi connectivity index (χ1) is 10.6. The average molecular weight is 340 g/mol. The van der Waals surface area contributed by atoms with E-state index >= 15 is 0 Å². The molecule has 6 heteroatoms. The SMILES string of the molecule is COc1ccc(CN(CCN(C)C)c2ccccn2)cc1F.Cl. The van der Waals surface area contributed by atoms with E-state index in [1.807, 2.05) is 38.4 Å². The molecule has 0 fully saturated rings. The minimum Gasteiger partial charge on any atom is -0.494 e. The third-order valence-corrected chi connectivity index (χ3v) is 3.38. The Labute approximate surface area is 143 Å². The molecule has 0 amide bonds. The lowest BCUT2D eigenvalue weighted by Crippen LogP contribution is -2.31. The van der Waals surface area contributed by atoms with Gasteiger partial charge >= 0.3 is 0 Å². The second-order valence-corrected chi connectivity index (χ2v) is 5.38. The van der Waals surface area contributed by atoms with Gasteiger partial charge in [-0.25, -0.2) is 9.37 Å². The smallest absolute Gasteiger partial charge is 0.165 e. The van der Waals surface area contributed by atoms with Crippen LogP contribution in [0.5, 0.6) is 5.75 Å². The van der Waals surface area contributed by atoms with Crippen molar-refractivity contribution in [3.8, 4) is 5.75 Å². The highest BCUT2D eigenvalue weighted by Gasteiger charge is 2.11. The summed E-state index contributed by atoms with van der Waals surface area (Å²) in [6.07, 6.45) is 1.77. The molecule has 0 aliphatic heterocycles. The van der Waals surface area contributed by atoms with Gasteiger partial charge in [-0.05, 0) is 43.9 Å². The van der Waals surface area contributed by atoms with Gasteiger partial charge in [0.15, 0.2) is 11.6 Å². The second kappa shape index (κ2) is 9.33. The molecule has 2 aromatic rings. The first-order valence-electron chi connectivity index (χ1n) is 7.23. The van der Waals surface area contributed by atoms with E-state index in [0.29, 0.717) is 6.54 Å². The Kier molecular flexibility index (Phi) is 7.78. The van der Waals surface area contributed by atoms with Crippen molar-refractivity contribution in [2.24, 2.45) is 0 Å². The van der Waals surface area contributed by atoms with Gasteiger partial charge in [-0.2, -0.15) is 0 Å². The second-order valence-electron chi connectivity index (χ2n) is 5.38. The number of ether oxygens (including phenoxy) is 1. The van der Waals surface area contributed by atoms with Gasteiger partial charge in [0.2, 0.25) is 0 Å². The molecule has 0 saturated carbocycles. The fourth-order valence-corrected chi connectivity index (χ4v) is 2.16. The lowest BCUT2D eigenvalue weighted by atomic mass is 10.2. The summed E-state index contributed by atoms with van der Waals surface area (Å²) in [6, 6.07) is 10.9. The summed E-state index contributed by atoms with van der Waals surface area (Å²) in [7, 11) is 5.53. The standard InChI is InChI=1S/C17H22FN3O.ClH/c1-20(2)10-11-21(17-6-4-5-9-19-17)13-14-7-8-16(22-3)15(18)12-14;/h4-9,12H,10-11,13H2,1-3H3;1H. The molecule has 0 bridgehead atoms. The molecule has 1 heterocycles. The summed E-state index contributed by atoms with van der Waals surface area (Å²) in [5.41, 5.74) is 0.891. The molecular formula is C17H23ClFN3O. The van der Waals surface area contributed by atoms with E-state index in [-0.39, 0.29) is 24.0 Å². The zero-order chi connectivity index (χ0) is 15.9. The van der Waals surface area contributed by atoms with Crippen LogP contribution in [-0.2, 0) is 6.54 Å². The molecule has 0 aliphatic carbocycles. The number of pyridine rings is 1. The van der Waals surface area contributed by atoms with Crippen molar-refractivity contribution >= 4 is 18.2 Å². The molecule has 126 valence electrons. The number of methoxy groups -OCH3 is 1. The third-order valence-electron chi connectivity index (χ3n) is 3.38.